The van der Waals surface area contributed by atoms with E-state index in [-0.39, 0.29) is 43.6 Å². The number of hydrogen-bond donors (Lipinski definition) is 2. The number of aliphatic carboxylic acids is 1. The molecular formula is C19H24N2O7. The Hall–Kier alpha value is -2.65. The van der Waals surface area contributed by atoms with Gasteiger partial charge in [-0.2, -0.15) is 0 Å². The van der Waals surface area contributed by atoms with Gasteiger partial charge in [0.2, 0.25) is 5.91 Å². The van der Waals surface area contributed by atoms with Crippen LogP contribution in [0.2, 0.25) is 0 Å². The van der Waals surface area contributed by atoms with Crippen molar-refractivity contribution in [3.8, 4) is 5.75 Å². The van der Waals surface area contributed by atoms with Crippen molar-refractivity contribution < 1.29 is 33.7 Å². The summed E-state index contributed by atoms with van der Waals surface area (Å²) in [5, 5.41) is 11.7. The fourth-order valence-corrected chi connectivity index (χ4v) is 3.63. The monoisotopic (exact) mass is 392 g/mol. The Bertz CT molecular complexity index is 767. The van der Waals surface area contributed by atoms with Gasteiger partial charge >= 0.3 is 5.97 Å². The molecule has 2 heterocycles. The first-order chi connectivity index (χ1) is 13.4. The molecule has 2 amide bonds. The van der Waals surface area contributed by atoms with E-state index in [2.05, 4.69) is 5.32 Å². The largest absolute Gasteiger partial charge is 0.490 e. The molecule has 1 saturated heterocycles. The Balaban J connectivity index is 1.80. The van der Waals surface area contributed by atoms with Gasteiger partial charge in [0, 0.05) is 19.8 Å². The van der Waals surface area contributed by atoms with Crippen LogP contribution in [-0.4, -0.2) is 73.4 Å². The van der Waals surface area contributed by atoms with Crippen molar-refractivity contribution >= 4 is 23.5 Å². The maximum absolute atomic E-state index is 13.0. The molecular weight excluding hydrogens is 368 g/mol. The van der Waals surface area contributed by atoms with E-state index in [4.69, 9.17) is 19.3 Å². The Morgan fingerprint density at radius 3 is 2.86 bits per heavy atom. The molecule has 1 aromatic rings. The summed E-state index contributed by atoms with van der Waals surface area (Å²) in [6, 6.07) is 4.64. The number of ether oxygens (including phenoxy) is 3. The number of carbonyl (C=O) groups excluding carboxylic acids is 2. The van der Waals surface area contributed by atoms with Crippen molar-refractivity contribution in [2.75, 3.05) is 32.7 Å². The summed E-state index contributed by atoms with van der Waals surface area (Å²) in [6.07, 6.45) is 0.338. The number of carboxylic acid groups (broad SMARTS) is 1. The molecule has 0 aromatic heterocycles. The van der Waals surface area contributed by atoms with Gasteiger partial charge < -0.3 is 29.5 Å². The van der Waals surface area contributed by atoms with Gasteiger partial charge in [-0.1, -0.05) is 0 Å². The second kappa shape index (κ2) is 8.57. The number of amides is 2. The Morgan fingerprint density at radius 2 is 2.14 bits per heavy atom. The second-order valence-electron chi connectivity index (χ2n) is 6.96. The zero-order valence-electron chi connectivity index (χ0n) is 15.8. The molecule has 0 saturated carbocycles. The van der Waals surface area contributed by atoms with E-state index in [0.717, 1.165) is 0 Å². The van der Waals surface area contributed by atoms with Crippen LogP contribution in [0.1, 0.15) is 29.6 Å². The van der Waals surface area contributed by atoms with Gasteiger partial charge in [-0.25, -0.2) is 0 Å². The van der Waals surface area contributed by atoms with E-state index in [1.165, 1.54) is 7.11 Å². The lowest BCUT2D eigenvalue weighted by Gasteiger charge is -2.42. The minimum atomic E-state index is -0.909. The van der Waals surface area contributed by atoms with Crippen LogP contribution in [0.4, 0.5) is 5.69 Å². The highest BCUT2D eigenvalue weighted by atomic mass is 16.5. The lowest BCUT2D eigenvalue weighted by molar-refractivity contribution is -0.148. The number of methoxy groups -OCH3 is 1. The number of anilines is 1. The Kier molecular flexibility index (Phi) is 6.15. The summed E-state index contributed by atoms with van der Waals surface area (Å²) in [5.41, 5.74) is 0.827. The number of fused-ring (bicyclic) bond motifs is 2. The number of nitrogens with one attached hydrogen (secondary N) is 1. The van der Waals surface area contributed by atoms with Crippen LogP contribution in [0.3, 0.4) is 0 Å². The van der Waals surface area contributed by atoms with Crippen molar-refractivity contribution in [1.82, 2.24) is 4.90 Å². The molecule has 3 rings (SSSR count). The van der Waals surface area contributed by atoms with Gasteiger partial charge in [0.05, 0.1) is 24.1 Å². The van der Waals surface area contributed by atoms with Crippen LogP contribution < -0.4 is 10.1 Å². The van der Waals surface area contributed by atoms with Gasteiger partial charge in [0.25, 0.3) is 5.91 Å². The summed E-state index contributed by atoms with van der Waals surface area (Å²) in [6.45, 7) is 0.126. The first kappa shape index (κ1) is 20.1. The highest BCUT2D eigenvalue weighted by Crippen LogP contribution is 2.32. The van der Waals surface area contributed by atoms with Crippen molar-refractivity contribution in [2.24, 2.45) is 0 Å². The van der Waals surface area contributed by atoms with Crippen LogP contribution in [0.5, 0.6) is 5.75 Å². The van der Waals surface area contributed by atoms with Crippen molar-refractivity contribution in [1.29, 1.82) is 0 Å². The zero-order chi connectivity index (χ0) is 20.3. The third-order valence-corrected chi connectivity index (χ3v) is 4.97. The maximum Gasteiger partial charge on any atom is 0.305 e. The fraction of sp³-hybridized carbons (Fsp3) is 0.526. The molecule has 2 aliphatic rings. The molecule has 9 heteroatoms. The summed E-state index contributed by atoms with van der Waals surface area (Å²) in [5.74, 6) is -1.08. The summed E-state index contributed by atoms with van der Waals surface area (Å²) in [4.78, 5) is 37.3. The maximum atomic E-state index is 13.0. The number of rotatable bonds is 5. The number of likely N-dealkylation sites (N-methyl/N-ethyl adjacent to an activating group) is 1. The van der Waals surface area contributed by atoms with Gasteiger partial charge in [-0.05, 0) is 31.0 Å². The lowest BCUT2D eigenvalue weighted by atomic mass is 9.94. The predicted molar refractivity (Wildman–Crippen MR) is 98.5 cm³/mol. The minimum Gasteiger partial charge on any atom is -0.490 e. The van der Waals surface area contributed by atoms with Crippen LogP contribution in [-0.2, 0) is 19.1 Å². The Labute approximate surface area is 162 Å². The van der Waals surface area contributed by atoms with Crippen LogP contribution >= 0.6 is 0 Å². The normalized spacial score (nSPS) is 24.3. The number of carboxylic acids is 1. The smallest absolute Gasteiger partial charge is 0.305 e. The first-order valence-corrected chi connectivity index (χ1v) is 9.09. The van der Waals surface area contributed by atoms with Gasteiger partial charge in [-0.3, -0.25) is 14.4 Å². The zero-order valence-corrected chi connectivity index (χ0v) is 15.8. The summed E-state index contributed by atoms with van der Waals surface area (Å²) >= 11 is 0. The Morgan fingerprint density at radius 1 is 1.36 bits per heavy atom. The number of carbonyl (C=O) groups is 3. The average molecular weight is 392 g/mol. The fourth-order valence-electron chi connectivity index (χ4n) is 3.63. The molecule has 0 spiro atoms. The van der Waals surface area contributed by atoms with Crippen LogP contribution in [0, 0.1) is 0 Å². The SMILES string of the molecule is COCC(=O)Nc1ccc2c(c1)C(=O)N(C)[C@@H]1CC[C@@H](CC(=O)O)O[C@H]1CO2. The molecule has 0 unspecified atom stereocenters. The number of benzene rings is 1. The lowest BCUT2D eigenvalue weighted by Crippen LogP contribution is -2.53. The van der Waals surface area contributed by atoms with E-state index < -0.39 is 12.1 Å². The standard InChI is InChI=1S/C19H24N2O7/c1-21-14-5-4-12(8-18(23)24)28-16(14)9-27-15-6-3-11(7-13(15)19(21)25)20-17(22)10-26-2/h3,6-7,12,14,16H,4-5,8-10H2,1-2H3,(H,20,22)(H,23,24)/t12-,14+,16-/m0/s1. The molecule has 0 aliphatic carbocycles. The first-order valence-electron chi connectivity index (χ1n) is 9.09. The minimum absolute atomic E-state index is 0.0675. The van der Waals surface area contributed by atoms with Gasteiger partial charge in [-0.15, -0.1) is 0 Å². The molecule has 1 fully saturated rings. The van der Waals surface area contributed by atoms with Crippen molar-refractivity contribution in [3.63, 3.8) is 0 Å². The second-order valence-corrected chi connectivity index (χ2v) is 6.96. The van der Waals surface area contributed by atoms with Gasteiger partial charge in [0.1, 0.15) is 25.1 Å². The topological polar surface area (TPSA) is 114 Å². The van der Waals surface area contributed by atoms with E-state index in [1.807, 2.05) is 0 Å². The highest BCUT2D eigenvalue weighted by molar-refractivity contribution is 6.00. The van der Waals surface area contributed by atoms with Crippen LogP contribution in [0.25, 0.3) is 0 Å². The summed E-state index contributed by atoms with van der Waals surface area (Å²) < 4.78 is 16.5. The molecule has 152 valence electrons. The highest BCUT2D eigenvalue weighted by Gasteiger charge is 2.39. The van der Waals surface area contributed by atoms with Crippen molar-refractivity contribution in [3.05, 3.63) is 23.8 Å². The molecule has 3 atom stereocenters. The number of nitrogens with zero attached hydrogens (tertiary/aromatic N) is 1. The van der Waals surface area contributed by atoms with Crippen LogP contribution in [0.15, 0.2) is 18.2 Å². The van der Waals surface area contributed by atoms with E-state index in [0.29, 0.717) is 29.8 Å². The van der Waals surface area contributed by atoms with E-state index in [1.54, 1.807) is 30.1 Å². The van der Waals surface area contributed by atoms with E-state index in [9.17, 15) is 14.4 Å². The third-order valence-electron chi connectivity index (χ3n) is 4.97. The van der Waals surface area contributed by atoms with Crippen molar-refractivity contribution in [2.45, 2.75) is 37.5 Å². The van der Waals surface area contributed by atoms with Gasteiger partial charge in [0.15, 0.2) is 0 Å². The molecule has 0 radical (unpaired) electrons. The predicted octanol–water partition coefficient (Wildman–Crippen LogP) is 1.13. The summed E-state index contributed by atoms with van der Waals surface area (Å²) in [7, 11) is 3.13. The molecule has 2 N–H and O–H groups in total. The third kappa shape index (κ3) is 4.42. The molecule has 0 bridgehead atoms. The molecule has 2 aliphatic heterocycles. The number of hydrogen-bond acceptors (Lipinski definition) is 6. The molecule has 28 heavy (non-hydrogen) atoms. The average Bonchev–Trinajstić information content (AvgIpc) is 2.65. The molecule has 1 aromatic carbocycles. The van der Waals surface area contributed by atoms with E-state index >= 15 is 0 Å². The quantitative estimate of drug-likeness (QED) is 0.772. The molecule has 9 nitrogen and oxygen atoms in total.